The molecule has 3 aromatic rings. The molecule has 0 N–H and O–H groups in total. The maximum Gasteiger partial charge on any atom is 0.115 e. The SMILES string of the molecule is Cc1ccccc1CSc1nc(-c2cccs2)ccc1C#N. The van der Waals surface area contributed by atoms with Gasteiger partial charge in [0.25, 0.3) is 0 Å². The van der Waals surface area contributed by atoms with E-state index >= 15 is 0 Å². The summed E-state index contributed by atoms with van der Waals surface area (Å²) in [6.07, 6.45) is 0. The van der Waals surface area contributed by atoms with Crippen LogP contribution in [-0.4, -0.2) is 4.98 Å². The molecule has 3 rings (SSSR count). The van der Waals surface area contributed by atoms with Gasteiger partial charge in [0.05, 0.1) is 16.1 Å². The van der Waals surface area contributed by atoms with Gasteiger partial charge in [-0.15, -0.1) is 23.1 Å². The molecule has 2 aromatic heterocycles. The van der Waals surface area contributed by atoms with Crippen molar-refractivity contribution in [3.63, 3.8) is 0 Å². The van der Waals surface area contributed by atoms with Crippen molar-refractivity contribution >= 4 is 23.1 Å². The molecule has 0 unspecified atom stereocenters. The highest BCUT2D eigenvalue weighted by Crippen LogP contribution is 2.30. The Labute approximate surface area is 138 Å². The third-order valence-electron chi connectivity index (χ3n) is 3.38. The molecule has 0 radical (unpaired) electrons. The minimum Gasteiger partial charge on any atom is -0.239 e. The van der Waals surface area contributed by atoms with Crippen molar-refractivity contribution in [1.82, 2.24) is 4.98 Å². The molecule has 108 valence electrons. The van der Waals surface area contributed by atoms with Crippen LogP contribution in [0.4, 0.5) is 0 Å². The van der Waals surface area contributed by atoms with Crippen molar-refractivity contribution in [3.8, 4) is 16.6 Å². The zero-order chi connectivity index (χ0) is 15.4. The molecule has 0 aliphatic carbocycles. The van der Waals surface area contributed by atoms with Gasteiger partial charge >= 0.3 is 0 Å². The molecular weight excluding hydrogens is 308 g/mol. The number of thioether (sulfide) groups is 1. The normalized spacial score (nSPS) is 10.4. The molecule has 0 bridgehead atoms. The van der Waals surface area contributed by atoms with Crippen molar-refractivity contribution in [2.75, 3.05) is 0 Å². The first-order chi connectivity index (χ1) is 10.8. The number of benzene rings is 1. The highest BCUT2D eigenvalue weighted by Gasteiger charge is 2.09. The molecule has 1 aromatic carbocycles. The highest BCUT2D eigenvalue weighted by molar-refractivity contribution is 7.98. The van der Waals surface area contributed by atoms with Crippen LogP contribution in [0.3, 0.4) is 0 Å². The molecule has 2 heterocycles. The highest BCUT2D eigenvalue weighted by atomic mass is 32.2. The van der Waals surface area contributed by atoms with Crippen LogP contribution in [0.1, 0.15) is 16.7 Å². The summed E-state index contributed by atoms with van der Waals surface area (Å²) in [5, 5.41) is 12.1. The van der Waals surface area contributed by atoms with Gasteiger partial charge in [0.2, 0.25) is 0 Å². The topological polar surface area (TPSA) is 36.7 Å². The monoisotopic (exact) mass is 322 g/mol. The van der Waals surface area contributed by atoms with Crippen LogP contribution in [0.15, 0.2) is 58.9 Å². The minimum absolute atomic E-state index is 0.638. The number of thiophene rings is 1. The lowest BCUT2D eigenvalue weighted by Crippen LogP contribution is -1.92. The summed E-state index contributed by atoms with van der Waals surface area (Å²) in [5.41, 5.74) is 4.11. The first-order valence-electron chi connectivity index (χ1n) is 6.90. The van der Waals surface area contributed by atoms with Crippen LogP contribution in [0.25, 0.3) is 10.6 Å². The maximum absolute atomic E-state index is 9.29. The first-order valence-corrected chi connectivity index (χ1v) is 8.77. The Morgan fingerprint density at radius 1 is 1.14 bits per heavy atom. The molecule has 4 heteroatoms. The lowest BCUT2D eigenvalue weighted by molar-refractivity contribution is 1.12. The smallest absolute Gasteiger partial charge is 0.115 e. The standard InChI is InChI=1S/C18H14N2S2/c1-13-5-2-3-6-15(13)12-22-18-14(11-19)8-9-16(20-18)17-7-4-10-21-17/h2-10H,12H2,1H3. The minimum atomic E-state index is 0.638. The van der Waals surface area contributed by atoms with E-state index in [1.54, 1.807) is 23.1 Å². The second kappa shape index (κ2) is 6.78. The fourth-order valence-electron chi connectivity index (χ4n) is 2.12. The number of aromatic nitrogens is 1. The van der Waals surface area contributed by atoms with Crippen LogP contribution < -0.4 is 0 Å². The van der Waals surface area contributed by atoms with E-state index in [0.717, 1.165) is 21.3 Å². The van der Waals surface area contributed by atoms with Gasteiger partial charge in [-0.1, -0.05) is 30.3 Å². The molecular formula is C18H14N2S2. The summed E-state index contributed by atoms with van der Waals surface area (Å²) in [4.78, 5) is 5.81. The number of hydrogen-bond donors (Lipinski definition) is 0. The number of nitrogens with zero attached hydrogens (tertiary/aromatic N) is 2. The Morgan fingerprint density at radius 3 is 2.73 bits per heavy atom. The van der Waals surface area contributed by atoms with Crippen molar-refractivity contribution < 1.29 is 0 Å². The van der Waals surface area contributed by atoms with E-state index in [-0.39, 0.29) is 0 Å². The summed E-state index contributed by atoms with van der Waals surface area (Å²) in [6.45, 7) is 2.11. The lowest BCUT2D eigenvalue weighted by atomic mass is 10.1. The third-order valence-corrected chi connectivity index (χ3v) is 5.31. The average molecular weight is 322 g/mol. The molecule has 0 spiro atoms. The Kier molecular flexibility index (Phi) is 4.57. The molecule has 2 nitrogen and oxygen atoms in total. The first kappa shape index (κ1) is 14.8. The van der Waals surface area contributed by atoms with Crippen LogP contribution in [0.5, 0.6) is 0 Å². The number of aryl methyl sites for hydroxylation is 1. The van der Waals surface area contributed by atoms with Crippen molar-refractivity contribution in [2.24, 2.45) is 0 Å². The fourth-order valence-corrected chi connectivity index (χ4v) is 3.86. The van der Waals surface area contributed by atoms with Gasteiger partial charge in [-0.05, 0) is 41.6 Å². The van der Waals surface area contributed by atoms with E-state index in [2.05, 4.69) is 36.2 Å². The summed E-state index contributed by atoms with van der Waals surface area (Å²) in [6, 6.07) is 18.4. The van der Waals surface area contributed by atoms with Crippen LogP contribution >= 0.6 is 23.1 Å². The Balaban J connectivity index is 1.87. The van der Waals surface area contributed by atoms with E-state index in [4.69, 9.17) is 0 Å². The van der Waals surface area contributed by atoms with Gasteiger partial charge in [0, 0.05) is 5.75 Å². The summed E-state index contributed by atoms with van der Waals surface area (Å²) in [7, 11) is 0. The van der Waals surface area contributed by atoms with Gasteiger partial charge in [0.1, 0.15) is 11.1 Å². The average Bonchev–Trinajstić information content (AvgIpc) is 3.08. The van der Waals surface area contributed by atoms with E-state index in [9.17, 15) is 5.26 Å². The molecule has 0 amide bonds. The lowest BCUT2D eigenvalue weighted by Gasteiger charge is -2.07. The van der Waals surface area contributed by atoms with E-state index in [0.29, 0.717) is 5.56 Å². The van der Waals surface area contributed by atoms with Gasteiger partial charge in [-0.3, -0.25) is 0 Å². The second-order valence-electron chi connectivity index (χ2n) is 4.85. The van der Waals surface area contributed by atoms with Crippen LogP contribution in [0, 0.1) is 18.3 Å². The molecule has 0 atom stereocenters. The molecule has 0 saturated heterocycles. The van der Waals surface area contributed by atoms with E-state index in [1.807, 2.05) is 35.7 Å². The molecule has 0 aliphatic heterocycles. The fraction of sp³-hybridized carbons (Fsp3) is 0.111. The summed E-state index contributed by atoms with van der Waals surface area (Å²) >= 11 is 3.28. The van der Waals surface area contributed by atoms with Crippen molar-refractivity contribution in [3.05, 3.63) is 70.6 Å². The summed E-state index contributed by atoms with van der Waals surface area (Å²) < 4.78 is 0. The third kappa shape index (κ3) is 3.22. The number of pyridine rings is 1. The number of rotatable bonds is 4. The van der Waals surface area contributed by atoms with Gasteiger partial charge in [-0.25, -0.2) is 4.98 Å². The molecule has 0 fully saturated rings. The van der Waals surface area contributed by atoms with Gasteiger partial charge in [0.15, 0.2) is 0 Å². The maximum atomic E-state index is 9.29. The predicted molar refractivity (Wildman–Crippen MR) is 93.0 cm³/mol. The van der Waals surface area contributed by atoms with Gasteiger partial charge < -0.3 is 0 Å². The summed E-state index contributed by atoms with van der Waals surface area (Å²) in [5.74, 6) is 0.822. The largest absolute Gasteiger partial charge is 0.239 e. The molecule has 0 saturated carbocycles. The zero-order valence-corrected chi connectivity index (χ0v) is 13.7. The Hall–Kier alpha value is -2.09. The second-order valence-corrected chi connectivity index (χ2v) is 6.77. The van der Waals surface area contributed by atoms with Crippen molar-refractivity contribution in [2.45, 2.75) is 17.7 Å². The van der Waals surface area contributed by atoms with Crippen LogP contribution in [-0.2, 0) is 5.75 Å². The van der Waals surface area contributed by atoms with Gasteiger partial charge in [-0.2, -0.15) is 5.26 Å². The van der Waals surface area contributed by atoms with Crippen molar-refractivity contribution in [1.29, 1.82) is 5.26 Å². The Bertz CT molecular complexity index is 817. The predicted octanol–water partition coefficient (Wildman–Crippen LogP) is 5.28. The number of hydrogen-bond acceptors (Lipinski definition) is 4. The molecule has 0 aliphatic rings. The quantitative estimate of drug-likeness (QED) is 0.613. The van der Waals surface area contributed by atoms with Crippen LogP contribution in [0.2, 0.25) is 0 Å². The molecule has 22 heavy (non-hydrogen) atoms. The Morgan fingerprint density at radius 2 is 2.00 bits per heavy atom. The zero-order valence-electron chi connectivity index (χ0n) is 12.1. The van der Waals surface area contributed by atoms with E-state index in [1.165, 1.54) is 11.1 Å². The number of nitriles is 1. The van der Waals surface area contributed by atoms with E-state index < -0.39 is 0 Å².